The predicted molar refractivity (Wildman–Crippen MR) is 78.2 cm³/mol. The summed E-state index contributed by atoms with van der Waals surface area (Å²) in [6, 6.07) is 3.91. The van der Waals surface area contributed by atoms with Crippen LogP contribution in [0.2, 0.25) is 0 Å². The molecule has 1 aromatic heterocycles. The molecule has 0 bridgehead atoms. The fourth-order valence-electron chi connectivity index (χ4n) is 2.14. The topological polar surface area (TPSA) is 48.5 Å². The fourth-order valence-corrected chi connectivity index (χ4v) is 2.38. The highest BCUT2D eigenvalue weighted by Crippen LogP contribution is 2.07. The molecular weight excluding hydrogens is 308 g/mol. The summed E-state index contributed by atoms with van der Waals surface area (Å²) in [5.41, 5.74) is 0.593. The van der Waals surface area contributed by atoms with Crippen LogP contribution in [0.4, 0.5) is 0 Å². The van der Waals surface area contributed by atoms with Crippen LogP contribution in [0, 0.1) is 0 Å². The number of nitrogens with zero attached hydrogens (tertiary/aromatic N) is 3. The van der Waals surface area contributed by atoms with Crippen LogP contribution in [0.5, 0.6) is 0 Å². The zero-order chi connectivity index (χ0) is 13.8. The average Bonchev–Trinajstić information content (AvgIpc) is 2.40. The van der Waals surface area contributed by atoms with E-state index in [0.717, 1.165) is 24.2 Å². The van der Waals surface area contributed by atoms with Crippen molar-refractivity contribution in [1.82, 2.24) is 20.1 Å². The van der Waals surface area contributed by atoms with Crippen molar-refractivity contribution in [1.29, 1.82) is 0 Å². The Bertz CT molecular complexity index is 437. The third kappa shape index (κ3) is 3.99. The first kappa shape index (κ1) is 14.4. The number of halogens is 1. The molecule has 1 aliphatic heterocycles. The quantitative estimate of drug-likeness (QED) is 0.835. The molecule has 5 nitrogen and oxygen atoms in total. The van der Waals surface area contributed by atoms with Gasteiger partial charge in [-0.2, -0.15) is 0 Å². The monoisotopic (exact) mass is 326 g/mol. The van der Waals surface area contributed by atoms with Gasteiger partial charge in [-0.3, -0.25) is 9.69 Å². The molecule has 2 heterocycles. The summed E-state index contributed by atoms with van der Waals surface area (Å²) in [6.07, 6.45) is 1.58. The van der Waals surface area contributed by atoms with Crippen LogP contribution < -0.4 is 5.32 Å². The van der Waals surface area contributed by atoms with Crippen LogP contribution >= 0.6 is 15.9 Å². The molecule has 0 saturated carbocycles. The highest BCUT2D eigenvalue weighted by molar-refractivity contribution is 9.10. The number of hydrogen-bond acceptors (Lipinski definition) is 4. The first-order valence-electron chi connectivity index (χ1n) is 6.35. The maximum atomic E-state index is 12.0. The van der Waals surface area contributed by atoms with E-state index in [-0.39, 0.29) is 5.91 Å². The van der Waals surface area contributed by atoms with E-state index in [2.05, 4.69) is 50.1 Å². The van der Waals surface area contributed by atoms with Gasteiger partial charge >= 0.3 is 0 Å². The number of carbonyl (C=O) groups excluding carboxylic acids is 1. The normalized spacial score (nSPS) is 21.3. The van der Waals surface area contributed by atoms with Gasteiger partial charge in [0, 0.05) is 38.4 Å². The van der Waals surface area contributed by atoms with E-state index in [1.54, 1.807) is 18.3 Å². The first-order valence-corrected chi connectivity index (χ1v) is 7.14. The van der Waals surface area contributed by atoms with E-state index in [0.29, 0.717) is 18.2 Å². The van der Waals surface area contributed by atoms with Crippen molar-refractivity contribution in [2.24, 2.45) is 0 Å². The molecule has 19 heavy (non-hydrogen) atoms. The molecule has 0 aliphatic carbocycles. The van der Waals surface area contributed by atoms with Crippen molar-refractivity contribution in [3.63, 3.8) is 0 Å². The van der Waals surface area contributed by atoms with Gasteiger partial charge in [0.15, 0.2) is 0 Å². The summed E-state index contributed by atoms with van der Waals surface area (Å²) in [6.45, 7) is 3.76. The van der Waals surface area contributed by atoms with Crippen LogP contribution in [-0.4, -0.2) is 67.0 Å². The minimum absolute atomic E-state index is 0.0679. The molecule has 6 heteroatoms. The number of aromatic nitrogens is 1. The number of carbonyl (C=O) groups is 1. The van der Waals surface area contributed by atoms with Crippen molar-refractivity contribution in [2.45, 2.75) is 6.04 Å². The molecule has 1 atom stereocenters. The Morgan fingerprint density at radius 2 is 2.26 bits per heavy atom. The lowest BCUT2D eigenvalue weighted by Crippen LogP contribution is -2.54. The smallest absolute Gasteiger partial charge is 0.252 e. The Hall–Kier alpha value is -0.980. The number of rotatable bonds is 3. The molecule has 1 amide bonds. The van der Waals surface area contributed by atoms with Crippen LogP contribution in [0.25, 0.3) is 0 Å². The lowest BCUT2D eigenvalue weighted by Gasteiger charge is -2.37. The number of likely N-dealkylation sites (N-methyl/N-ethyl adjacent to an activating group) is 2. The molecule has 104 valence electrons. The minimum atomic E-state index is -0.0679. The number of amides is 1. The van der Waals surface area contributed by atoms with Gasteiger partial charge in [0.05, 0.1) is 5.56 Å². The van der Waals surface area contributed by atoms with E-state index in [4.69, 9.17) is 0 Å². The summed E-state index contributed by atoms with van der Waals surface area (Å²) in [5, 5.41) is 2.98. The molecule has 2 rings (SSSR count). The molecule has 1 unspecified atom stereocenters. The van der Waals surface area contributed by atoms with Crippen molar-refractivity contribution in [3.8, 4) is 0 Å². The van der Waals surface area contributed by atoms with Gasteiger partial charge in [-0.25, -0.2) is 4.98 Å². The third-order valence-corrected chi connectivity index (χ3v) is 3.94. The summed E-state index contributed by atoms with van der Waals surface area (Å²) < 4.78 is 0.734. The number of piperazine rings is 1. The van der Waals surface area contributed by atoms with E-state index in [1.165, 1.54) is 0 Å². The van der Waals surface area contributed by atoms with Crippen molar-refractivity contribution in [2.75, 3.05) is 40.3 Å². The maximum absolute atomic E-state index is 12.0. The summed E-state index contributed by atoms with van der Waals surface area (Å²) in [5.74, 6) is -0.0679. The molecule has 1 aromatic rings. The van der Waals surface area contributed by atoms with Crippen molar-refractivity contribution < 1.29 is 4.79 Å². The second kappa shape index (κ2) is 6.45. The van der Waals surface area contributed by atoms with E-state index in [1.807, 2.05) is 0 Å². The Morgan fingerprint density at radius 1 is 1.47 bits per heavy atom. The van der Waals surface area contributed by atoms with Crippen LogP contribution in [0.15, 0.2) is 22.9 Å². The molecule has 1 saturated heterocycles. The summed E-state index contributed by atoms with van der Waals surface area (Å²) in [4.78, 5) is 20.6. The van der Waals surface area contributed by atoms with E-state index in [9.17, 15) is 4.79 Å². The van der Waals surface area contributed by atoms with Crippen LogP contribution in [0.1, 0.15) is 10.4 Å². The molecule has 0 aromatic carbocycles. The molecule has 0 spiro atoms. The highest BCUT2D eigenvalue weighted by Gasteiger charge is 2.22. The minimum Gasteiger partial charge on any atom is -0.350 e. The Morgan fingerprint density at radius 3 is 2.95 bits per heavy atom. The zero-order valence-electron chi connectivity index (χ0n) is 11.3. The number of pyridine rings is 1. The zero-order valence-corrected chi connectivity index (χ0v) is 12.9. The average molecular weight is 327 g/mol. The van der Waals surface area contributed by atoms with Crippen molar-refractivity contribution >= 4 is 21.8 Å². The lowest BCUT2D eigenvalue weighted by atomic mass is 10.2. The molecule has 1 N–H and O–H groups in total. The number of hydrogen-bond donors (Lipinski definition) is 1. The van der Waals surface area contributed by atoms with Gasteiger partial charge in [0.2, 0.25) is 0 Å². The van der Waals surface area contributed by atoms with E-state index >= 15 is 0 Å². The Labute approximate surface area is 122 Å². The van der Waals surface area contributed by atoms with Crippen molar-refractivity contribution in [3.05, 3.63) is 28.5 Å². The van der Waals surface area contributed by atoms with Crippen LogP contribution in [0.3, 0.4) is 0 Å². The second-order valence-electron chi connectivity index (χ2n) is 4.98. The Kier molecular flexibility index (Phi) is 4.90. The Balaban J connectivity index is 1.87. The lowest BCUT2D eigenvalue weighted by molar-refractivity contribution is 0.0881. The molecule has 1 aliphatic rings. The molecule has 0 radical (unpaired) electrons. The largest absolute Gasteiger partial charge is 0.350 e. The standard InChI is InChI=1S/C13H19BrN4O/c1-17-5-6-18(2)11(9-17)8-16-13(19)10-3-4-12(14)15-7-10/h3-4,7,11H,5-6,8-9H2,1-2H3,(H,16,19). The van der Waals surface area contributed by atoms with Gasteiger partial charge in [0.1, 0.15) is 4.60 Å². The summed E-state index contributed by atoms with van der Waals surface area (Å²) in [7, 11) is 4.21. The van der Waals surface area contributed by atoms with Crippen LogP contribution in [-0.2, 0) is 0 Å². The first-order chi connectivity index (χ1) is 9.06. The van der Waals surface area contributed by atoms with Gasteiger partial charge < -0.3 is 10.2 Å². The predicted octanol–water partition coefficient (Wildman–Crippen LogP) is 0.820. The van der Waals surface area contributed by atoms with Gasteiger partial charge in [-0.1, -0.05) is 0 Å². The second-order valence-corrected chi connectivity index (χ2v) is 5.79. The highest BCUT2D eigenvalue weighted by atomic mass is 79.9. The summed E-state index contributed by atoms with van der Waals surface area (Å²) >= 11 is 3.26. The fraction of sp³-hybridized carbons (Fsp3) is 0.538. The van der Waals surface area contributed by atoms with Gasteiger partial charge in [0.25, 0.3) is 5.91 Å². The van der Waals surface area contributed by atoms with E-state index < -0.39 is 0 Å². The van der Waals surface area contributed by atoms with Gasteiger partial charge in [-0.15, -0.1) is 0 Å². The SMILES string of the molecule is CN1CCN(C)C(CNC(=O)c2ccc(Br)nc2)C1. The third-order valence-electron chi connectivity index (χ3n) is 3.47. The maximum Gasteiger partial charge on any atom is 0.252 e. The molecular formula is C13H19BrN4O. The van der Waals surface area contributed by atoms with Gasteiger partial charge in [-0.05, 0) is 42.2 Å². The molecule has 1 fully saturated rings. The number of nitrogens with one attached hydrogen (secondary N) is 1.